The maximum absolute atomic E-state index is 12.5. The first kappa shape index (κ1) is 15.8. The van der Waals surface area contributed by atoms with Gasteiger partial charge >= 0.3 is 0 Å². The number of benzene rings is 1. The largest absolute Gasteiger partial charge is 0.496 e. The van der Waals surface area contributed by atoms with Crippen molar-refractivity contribution in [3.63, 3.8) is 0 Å². The highest BCUT2D eigenvalue weighted by Crippen LogP contribution is 2.21. The molecular formula is C14H21ClN2O2. The number of piperidine rings is 1. The number of hydrogen-bond donors (Lipinski definition) is 1. The van der Waals surface area contributed by atoms with Crippen molar-refractivity contribution in [3.8, 4) is 5.75 Å². The van der Waals surface area contributed by atoms with E-state index in [1.807, 2.05) is 36.2 Å². The lowest BCUT2D eigenvalue weighted by atomic mass is 10.0. The summed E-state index contributed by atoms with van der Waals surface area (Å²) >= 11 is 0. The summed E-state index contributed by atoms with van der Waals surface area (Å²) in [6.07, 6.45) is 2.18. The molecule has 1 aliphatic rings. The number of carbonyl (C=O) groups is 1. The number of carbonyl (C=O) groups excluding carboxylic acids is 1. The quantitative estimate of drug-likeness (QED) is 0.922. The molecule has 1 aromatic carbocycles. The molecule has 19 heavy (non-hydrogen) atoms. The molecule has 0 aromatic heterocycles. The predicted molar refractivity (Wildman–Crippen MR) is 78.2 cm³/mol. The monoisotopic (exact) mass is 284 g/mol. The molecule has 5 heteroatoms. The van der Waals surface area contributed by atoms with Gasteiger partial charge in [0.25, 0.3) is 5.91 Å². The van der Waals surface area contributed by atoms with Gasteiger partial charge in [-0.2, -0.15) is 0 Å². The van der Waals surface area contributed by atoms with Crippen LogP contribution < -0.4 is 10.1 Å². The Bertz CT molecular complexity index is 426. The molecule has 1 saturated heterocycles. The van der Waals surface area contributed by atoms with E-state index in [2.05, 4.69) is 5.32 Å². The highest BCUT2D eigenvalue weighted by atomic mass is 35.5. The lowest BCUT2D eigenvalue weighted by molar-refractivity contribution is 0.0695. The van der Waals surface area contributed by atoms with Gasteiger partial charge in [-0.1, -0.05) is 12.1 Å². The maximum atomic E-state index is 12.5. The number of para-hydroxylation sites is 1. The Labute approximate surface area is 120 Å². The zero-order valence-corrected chi connectivity index (χ0v) is 12.2. The number of likely N-dealkylation sites (N-methyl/N-ethyl adjacent to an activating group) is 1. The fourth-order valence-electron chi connectivity index (χ4n) is 2.39. The number of ether oxygens (including phenoxy) is 1. The predicted octanol–water partition coefficient (Wildman–Crippen LogP) is 1.94. The zero-order valence-electron chi connectivity index (χ0n) is 11.4. The summed E-state index contributed by atoms with van der Waals surface area (Å²) in [7, 11) is 3.54. The highest BCUT2D eigenvalue weighted by Gasteiger charge is 2.25. The molecule has 1 aliphatic heterocycles. The molecule has 0 bridgehead atoms. The van der Waals surface area contributed by atoms with Crippen molar-refractivity contribution < 1.29 is 9.53 Å². The van der Waals surface area contributed by atoms with E-state index in [0.717, 1.165) is 25.9 Å². The van der Waals surface area contributed by atoms with Crippen molar-refractivity contribution in [2.24, 2.45) is 0 Å². The third kappa shape index (κ3) is 3.61. The van der Waals surface area contributed by atoms with Crippen molar-refractivity contribution in [1.29, 1.82) is 0 Å². The fourth-order valence-corrected chi connectivity index (χ4v) is 2.39. The molecule has 1 fully saturated rings. The third-order valence-corrected chi connectivity index (χ3v) is 3.45. The first-order valence-corrected chi connectivity index (χ1v) is 6.36. The Morgan fingerprint density at radius 3 is 2.84 bits per heavy atom. The van der Waals surface area contributed by atoms with Gasteiger partial charge in [0.1, 0.15) is 5.75 Å². The normalized spacial score (nSPS) is 18.6. The number of hydrogen-bond acceptors (Lipinski definition) is 3. The SMILES string of the molecule is CNC1CCCN(C(=O)c2ccccc2OC)C1.Cl. The van der Waals surface area contributed by atoms with Gasteiger partial charge in [0.2, 0.25) is 0 Å². The molecule has 0 spiro atoms. The second kappa shape index (κ2) is 7.36. The van der Waals surface area contributed by atoms with Crippen LogP contribution in [-0.2, 0) is 0 Å². The topological polar surface area (TPSA) is 41.6 Å². The molecule has 4 nitrogen and oxygen atoms in total. The molecule has 0 aliphatic carbocycles. The van der Waals surface area contributed by atoms with Crippen LogP contribution in [0.3, 0.4) is 0 Å². The van der Waals surface area contributed by atoms with Gasteiger partial charge in [0, 0.05) is 19.1 Å². The maximum Gasteiger partial charge on any atom is 0.257 e. The zero-order chi connectivity index (χ0) is 13.0. The summed E-state index contributed by atoms with van der Waals surface area (Å²) in [4.78, 5) is 14.4. The lowest BCUT2D eigenvalue weighted by Gasteiger charge is -2.32. The standard InChI is InChI=1S/C14H20N2O2.ClH/c1-15-11-6-5-9-16(10-11)14(17)12-7-3-4-8-13(12)18-2;/h3-4,7-8,11,15H,5-6,9-10H2,1-2H3;1H. The molecule has 1 aromatic rings. The van der Waals surface area contributed by atoms with Crippen LogP contribution in [-0.4, -0.2) is 44.1 Å². The van der Waals surface area contributed by atoms with Crippen LogP contribution in [0.2, 0.25) is 0 Å². The summed E-state index contributed by atoms with van der Waals surface area (Å²) in [5, 5.41) is 3.24. The Kier molecular flexibility index (Phi) is 6.12. The van der Waals surface area contributed by atoms with E-state index in [0.29, 0.717) is 17.4 Å². The molecule has 0 radical (unpaired) electrons. The van der Waals surface area contributed by atoms with Crippen molar-refractivity contribution in [2.75, 3.05) is 27.2 Å². The lowest BCUT2D eigenvalue weighted by Crippen LogP contribution is -2.47. The van der Waals surface area contributed by atoms with Crippen LogP contribution in [0.25, 0.3) is 0 Å². The van der Waals surface area contributed by atoms with Crippen LogP contribution in [0.1, 0.15) is 23.2 Å². The van der Waals surface area contributed by atoms with Gasteiger partial charge in [-0.15, -0.1) is 12.4 Å². The summed E-state index contributed by atoms with van der Waals surface area (Å²) in [5.74, 6) is 0.710. The van der Waals surface area contributed by atoms with Crippen molar-refractivity contribution >= 4 is 18.3 Å². The Morgan fingerprint density at radius 1 is 1.42 bits per heavy atom. The second-order valence-corrected chi connectivity index (χ2v) is 4.58. The minimum Gasteiger partial charge on any atom is -0.496 e. The van der Waals surface area contributed by atoms with E-state index in [-0.39, 0.29) is 18.3 Å². The van der Waals surface area contributed by atoms with Crippen LogP contribution >= 0.6 is 12.4 Å². The summed E-state index contributed by atoms with van der Waals surface area (Å²) < 4.78 is 5.25. The van der Waals surface area contributed by atoms with Crippen LogP contribution in [0.4, 0.5) is 0 Å². The van der Waals surface area contributed by atoms with Crippen molar-refractivity contribution in [2.45, 2.75) is 18.9 Å². The van der Waals surface area contributed by atoms with Gasteiger partial charge in [-0.3, -0.25) is 4.79 Å². The van der Waals surface area contributed by atoms with Gasteiger partial charge in [0.15, 0.2) is 0 Å². The van der Waals surface area contributed by atoms with Crippen molar-refractivity contribution in [3.05, 3.63) is 29.8 Å². The van der Waals surface area contributed by atoms with E-state index in [9.17, 15) is 4.79 Å². The first-order chi connectivity index (χ1) is 8.76. The molecule has 106 valence electrons. The molecule has 1 N–H and O–H groups in total. The Morgan fingerprint density at radius 2 is 2.16 bits per heavy atom. The van der Waals surface area contributed by atoms with Gasteiger partial charge in [-0.05, 0) is 32.0 Å². The molecule has 1 amide bonds. The van der Waals surface area contributed by atoms with E-state index in [1.165, 1.54) is 0 Å². The third-order valence-electron chi connectivity index (χ3n) is 3.45. The minimum absolute atomic E-state index is 0. The van der Waals surface area contributed by atoms with E-state index < -0.39 is 0 Å². The molecule has 2 rings (SSSR count). The average molecular weight is 285 g/mol. The van der Waals surface area contributed by atoms with Gasteiger partial charge < -0.3 is 15.0 Å². The fraction of sp³-hybridized carbons (Fsp3) is 0.500. The molecule has 1 atom stereocenters. The van der Waals surface area contributed by atoms with Gasteiger partial charge in [-0.25, -0.2) is 0 Å². The van der Waals surface area contributed by atoms with E-state index >= 15 is 0 Å². The highest BCUT2D eigenvalue weighted by molar-refractivity contribution is 5.97. The number of methoxy groups -OCH3 is 1. The molecule has 1 heterocycles. The summed E-state index contributed by atoms with van der Waals surface area (Å²) in [5.41, 5.74) is 0.650. The second-order valence-electron chi connectivity index (χ2n) is 4.58. The summed E-state index contributed by atoms with van der Waals surface area (Å²) in [6, 6.07) is 7.80. The number of likely N-dealkylation sites (tertiary alicyclic amines) is 1. The van der Waals surface area contributed by atoms with Crippen LogP contribution in [0, 0.1) is 0 Å². The van der Waals surface area contributed by atoms with Crippen LogP contribution in [0.5, 0.6) is 5.75 Å². The Balaban J connectivity index is 0.00000180. The number of nitrogens with one attached hydrogen (secondary N) is 1. The van der Waals surface area contributed by atoms with Crippen LogP contribution in [0.15, 0.2) is 24.3 Å². The van der Waals surface area contributed by atoms with E-state index in [4.69, 9.17) is 4.74 Å². The van der Waals surface area contributed by atoms with Gasteiger partial charge in [0.05, 0.1) is 12.7 Å². The number of amides is 1. The number of rotatable bonds is 3. The average Bonchev–Trinajstić information content (AvgIpc) is 2.46. The molecular weight excluding hydrogens is 264 g/mol. The molecule has 1 unspecified atom stereocenters. The number of nitrogens with zero attached hydrogens (tertiary/aromatic N) is 1. The minimum atomic E-state index is 0. The van der Waals surface area contributed by atoms with E-state index in [1.54, 1.807) is 7.11 Å². The first-order valence-electron chi connectivity index (χ1n) is 6.36. The van der Waals surface area contributed by atoms with Crippen molar-refractivity contribution in [1.82, 2.24) is 10.2 Å². The molecule has 0 saturated carbocycles. The smallest absolute Gasteiger partial charge is 0.257 e. The Hall–Kier alpha value is -1.26. The number of halogens is 1. The summed E-state index contributed by atoms with van der Waals surface area (Å²) in [6.45, 7) is 1.60.